The first kappa shape index (κ1) is 15.0. The number of rotatable bonds is 2. The molecule has 4 heteroatoms. The topological polar surface area (TPSA) is 41.6 Å². The minimum Gasteiger partial charge on any atom is -0.485 e. The molecule has 2 aliphatic carbocycles. The predicted molar refractivity (Wildman–Crippen MR) is 89.3 cm³/mol. The maximum Gasteiger partial charge on any atom is 0.226 e. The van der Waals surface area contributed by atoms with E-state index in [9.17, 15) is 4.79 Å². The molecule has 1 N–H and O–H groups in total. The number of fused-ring (bicyclic) bond motifs is 1. The Kier molecular flexibility index (Phi) is 3.80. The number of benzene rings is 1. The Hall–Kier alpha value is -1.55. The second-order valence-corrected chi connectivity index (χ2v) is 7.42. The van der Waals surface area contributed by atoms with Crippen LogP contribution in [0, 0.1) is 5.92 Å². The van der Waals surface area contributed by atoms with E-state index in [1.165, 1.54) is 0 Å². The van der Waals surface area contributed by atoms with Gasteiger partial charge < -0.3 is 15.0 Å². The highest BCUT2D eigenvalue weighted by atomic mass is 16.5. The third kappa shape index (κ3) is 2.97. The molecule has 124 valence electrons. The van der Waals surface area contributed by atoms with Crippen molar-refractivity contribution in [1.29, 1.82) is 0 Å². The first-order chi connectivity index (χ1) is 11.2. The van der Waals surface area contributed by atoms with Crippen LogP contribution in [0.1, 0.15) is 44.1 Å². The van der Waals surface area contributed by atoms with Crippen molar-refractivity contribution in [1.82, 2.24) is 10.2 Å². The van der Waals surface area contributed by atoms with E-state index < -0.39 is 0 Å². The second-order valence-electron chi connectivity index (χ2n) is 7.42. The van der Waals surface area contributed by atoms with Gasteiger partial charge in [0, 0.05) is 24.1 Å². The molecule has 1 aromatic carbocycles. The number of para-hydroxylation sites is 1. The molecule has 4 rings (SSSR count). The lowest BCUT2D eigenvalue weighted by molar-refractivity contribution is -0.136. The molecular formula is C19H26N2O2. The van der Waals surface area contributed by atoms with Crippen molar-refractivity contribution < 1.29 is 9.53 Å². The molecule has 1 heterocycles. The third-order valence-corrected chi connectivity index (χ3v) is 5.68. The normalized spacial score (nSPS) is 30.5. The smallest absolute Gasteiger partial charge is 0.226 e. The van der Waals surface area contributed by atoms with Crippen LogP contribution in [0.4, 0.5) is 0 Å². The summed E-state index contributed by atoms with van der Waals surface area (Å²) in [5.74, 6) is 1.58. The molecule has 1 amide bonds. The van der Waals surface area contributed by atoms with E-state index in [0.717, 1.165) is 56.4 Å². The molecule has 3 aliphatic rings. The molecule has 0 aromatic heterocycles. The summed E-state index contributed by atoms with van der Waals surface area (Å²) < 4.78 is 6.54. The highest BCUT2D eigenvalue weighted by Crippen LogP contribution is 2.40. The number of nitrogens with zero attached hydrogens (tertiary/aromatic N) is 1. The monoisotopic (exact) mass is 314 g/mol. The Balaban J connectivity index is 1.62. The van der Waals surface area contributed by atoms with Gasteiger partial charge >= 0.3 is 0 Å². The Morgan fingerprint density at radius 1 is 1.22 bits per heavy atom. The third-order valence-electron chi connectivity index (χ3n) is 5.68. The summed E-state index contributed by atoms with van der Waals surface area (Å²) in [6.45, 7) is 1.44. The summed E-state index contributed by atoms with van der Waals surface area (Å²) in [7, 11) is 2.04. The van der Waals surface area contributed by atoms with Crippen molar-refractivity contribution >= 4 is 5.91 Å². The first-order valence-electron chi connectivity index (χ1n) is 8.92. The van der Waals surface area contributed by atoms with Crippen LogP contribution in [-0.2, 0) is 11.3 Å². The zero-order valence-corrected chi connectivity index (χ0v) is 13.9. The van der Waals surface area contributed by atoms with Gasteiger partial charge in [0.05, 0.1) is 6.54 Å². The molecule has 0 saturated heterocycles. The largest absolute Gasteiger partial charge is 0.485 e. The van der Waals surface area contributed by atoms with Crippen molar-refractivity contribution in [2.24, 2.45) is 5.92 Å². The van der Waals surface area contributed by atoms with E-state index in [0.29, 0.717) is 18.5 Å². The SMILES string of the molecule is CNC1CCC2(CC1)CN(C(=O)C1CC1)Cc1ccccc1O2. The van der Waals surface area contributed by atoms with Gasteiger partial charge in [0.25, 0.3) is 0 Å². The maximum atomic E-state index is 12.7. The van der Waals surface area contributed by atoms with E-state index >= 15 is 0 Å². The molecular weight excluding hydrogens is 288 g/mol. The van der Waals surface area contributed by atoms with Gasteiger partial charge in [-0.1, -0.05) is 18.2 Å². The quantitative estimate of drug-likeness (QED) is 0.912. The lowest BCUT2D eigenvalue weighted by atomic mass is 9.81. The van der Waals surface area contributed by atoms with Gasteiger partial charge in [0.1, 0.15) is 11.4 Å². The molecule has 1 aromatic rings. The van der Waals surface area contributed by atoms with Gasteiger partial charge in [-0.05, 0) is 51.6 Å². The Morgan fingerprint density at radius 2 is 1.96 bits per heavy atom. The van der Waals surface area contributed by atoms with Crippen LogP contribution in [0.15, 0.2) is 24.3 Å². The van der Waals surface area contributed by atoms with Crippen LogP contribution in [-0.4, -0.2) is 36.0 Å². The lowest BCUT2D eigenvalue weighted by Gasteiger charge is -2.41. The summed E-state index contributed by atoms with van der Waals surface area (Å²) in [6, 6.07) is 8.81. The van der Waals surface area contributed by atoms with Gasteiger partial charge in [-0.3, -0.25) is 4.79 Å². The minimum atomic E-state index is -0.204. The average molecular weight is 314 g/mol. The Morgan fingerprint density at radius 3 is 2.65 bits per heavy atom. The number of ether oxygens (including phenoxy) is 1. The molecule has 2 fully saturated rings. The fourth-order valence-corrected chi connectivity index (χ4v) is 4.05. The zero-order chi connectivity index (χ0) is 15.9. The summed E-state index contributed by atoms with van der Waals surface area (Å²) in [5, 5.41) is 3.39. The first-order valence-corrected chi connectivity index (χ1v) is 8.92. The molecule has 0 atom stereocenters. The minimum absolute atomic E-state index is 0.204. The van der Waals surface area contributed by atoms with E-state index in [2.05, 4.69) is 22.3 Å². The van der Waals surface area contributed by atoms with E-state index in [-0.39, 0.29) is 11.5 Å². The number of carbonyl (C=O) groups is 1. The molecule has 1 spiro atoms. The molecule has 2 saturated carbocycles. The number of carbonyl (C=O) groups excluding carboxylic acids is 1. The van der Waals surface area contributed by atoms with Gasteiger partial charge in [-0.15, -0.1) is 0 Å². The van der Waals surface area contributed by atoms with Crippen LogP contribution in [0.2, 0.25) is 0 Å². The molecule has 1 aliphatic heterocycles. The summed E-state index contributed by atoms with van der Waals surface area (Å²) in [5.41, 5.74) is 0.943. The predicted octanol–water partition coefficient (Wildman–Crippen LogP) is 2.72. The number of hydrogen-bond acceptors (Lipinski definition) is 3. The Labute approximate surface area is 138 Å². The van der Waals surface area contributed by atoms with E-state index in [1.807, 2.05) is 19.2 Å². The average Bonchev–Trinajstić information content (AvgIpc) is 3.41. The number of nitrogens with one attached hydrogen (secondary N) is 1. The zero-order valence-electron chi connectivity index (χ0n) is 13.9. The standard InChI is InChI=1S/C19H26N2O2/c1-20-16-8-10-19(11-9-16)13-21(18(22)14-6-7-14)12-15-4-2-3-5-17(15)23-19/h2-5,14,16,20H,6-13H2,1H3. The highest BCUT2D eigenvalue weighted by Gasteiger charge is 2.44. The second kappa shape index (κ2) is 5.82. The lowest BCUT2D eigenvalue weighted by Crippen LogP contribution is -2.51. The van der Waals surface area contributed by atoms with Crippen LogP contribution >= 0.6 is 0 Å². The maximum absolute atomic E-state index is 12.7. The van der Waals surface area contributed by atoms with Gasteiger partial charge in [-0.2, -0.15) is 0 Å². The molecule has 0 radical (unpaired) electrons. The molecule has 4 nitrogen and oxygen atoms in total. The number of hydrogen-bond donors (Lipinski definition) is 1. The van der Waals surface area contributed by atoms with Crippen LogP contribution in [0.3, 0.4) is 0 Å². The fourth-order valence-electron chi connectivity index (χ4n) is 4.05. The van der Waals surface area contributed by atoms with Crippen LogP contribution < -0.4 is 10.1 Å². The summed E-state index contributed by atoms with van der Waals surface area (Å²) in [4.78, 5) is 14.8. The van der Waals surface area contributed by atoms with E-state index in [1.54, 1.807) is 0 Å². The van der Waals surface area contributed by atoms with Crippen molar-refractivity contribution in [3.63, 3.8) is 0 Å². The van der Waals surface area contributed by atoms with Crippen LogP contribution in [0.25, 0.3) is 0 Å². The molecule has 0 bridgehead atoms. The van der Waals surface area contributed by atoms with E-state index in [4.69, 9.17) is 4.74 Å². The number of amides is 1. The van der Waals surface area contributed by atoms with Gasteiger partial charge in [0.2, 0.25) is 5.91 Å². The van der Waals surface area contributed by atoms with Crippen molar-refractivity contribution in [2.75, 3.05) is 13.6 Å². The van der Waals surface area contributed by atoms with Crippen molar-refractivity contribution in [3.8, 4) is 5.75 Å². The fraction of sp³-hybridized carbons (Fsp3) is 0.632. The Bertz CT molecular complexity index is 589. The van der Waals surface area contributed by atoms with Crippen molar-refractivity contribution in [2.45, 2.75) is 56.7 Å². The van der Waals surface area contributed by atoms with Gasteiger partial charge in [0.15, 0.2) is 0 Å². The summed E-state index contributed by atoms with van der Waals surface area (Å²) >= 11 is 0. The van der Waals surface area contributed by atoms with Gasteiger partial charge in [-0.25, -0.2) is 0 Å². The molecule has 23 heavy (non-hydrogen) atoms. The van der Waals surface area contributed by atoms with Crippen molar-refractivity contribution in [3.05, 3.63) is 29.8 Å². The van der Waals surface area contributed by atoms with Crippen LogP contribution in [0.5, 0.6) is 5.75 Å². The highest BCUT2D eigenvalue weighted by molar-refractivity contribution is 5.81. The summed E-state index contributed by atoms with van der Waals surface area (Å²) in [6.07, 6.45) is 6.39. The molecule has 0 unspecified atom stereocenters.